The Morgan fingerprint density at radius 2 is 1.26 bits per heavy atom. The fourth-order valence-corrected chi connectivity index (χ4v) is 5.23. The zero-order chi connectivity index (χ0) is 31.0. The van der Waals surface area contributed by atoms with Crippen molar-refractivity contribution in [1.29, 1.82) is 0 Å². The number of amides is 2. The predicted molar refractivity (Wildman–Crippen MR) is 165 cm³/mol. The summed E-state index contributed by atoms with van der Waals surface area (Å²) in [6.45, 7) is 19.5. The lowest BCUT2D eigenvalue weighted by molar-refractivity contribution is -0.144. The summed E-state index contributed by atoms with van der Waals surface area (Å²) in [6.07, 6.45) is 10.8. The van der Waals surface area contributed by atoms with Crippen LogP contribution in [0.2, 0.25) is 0 Å². The van der Waals surface area contributed by atoms with Crippen LogP contribution in [0.3, 0.4) is 0 Å². The van der Waals surface area contributed by atoms with Gasteiger partial charge in [0.25, 0.3) is 0 Å². The number of carbonyl (C=O) groups is 3. The fourth-order valence-electron chi connectivity index (χ4n) is 5.23. The molecule has 42 heavy (non-hydrogen) atoms. The first-order valence-electron chi connectivity index (χ1n) is 16.1. The molecule has 2 amide bonds. The first-order chi connectivity index (χ1) is 19.9. The lowest BCUT2D eigenvalue weighted by Gasteiger charge is -2.18. The molecule has 0 aromatic rings. The van der Waals surface area contributed by atoms with Crippen LogP contribution in [0.1, 0.15) is 105 Å². The normalized spacial score (nSPS) is 17.6. The molecule has 0 bridgehead atoms. The van der Waals surface area contributed by atoms with Crippen LogP contribution in [0.4, 0.5) is 9.59 Å². The number of hydrogen-bond donors (Lipinski definition) is 2. The van der Waals surface area contributed by atoms with E-state index >= 15 is 0 Å². The third-order valence-corrected chi connectivity index (χ3v) is 8.84. The molecule has 2 heterocycles. The van der Waals surface area contributed by atoms with E-state index in [0.717, 1.165) is 58.3 Å². The van der Waals surface area contributed by atoms with E-state index in [9.17, 15) is 14.4 Å². The first kappa shape index (κ1) is 35.9. The van der Waals surface area contributed by atoms with Crippen molar-refractivity contribution in [2.24, 2.45) is 0 Å². The molecule has 2 rings (SSSR count). The second-order valence-electron chi connectivity index (χ2n) is 12.8. The van der Waals surface area contributed by atoms with Crippen molar-refractivity contribution < 1.29 is 28.6 Å². The molecule has 2 aliphatic heterocycles. The van der Waals surface area contributed by atoms with Crippen LogP contribution in [-0.4, -0.2) is 97.6 Å². The molecule has 0 aliphatic carbocycles. The van der Waals surface area contributed by atoms with Gasteiger partial charge in [-0.05, 0) is 53.9 Å². The summed E-state index contributed by atoms with van der Waals surface area (Å²) in [5.41, 5.74) is 0.693. The van der Waals surface area contributed by atoms with Gasteiger partial charge in [-0.1, -0.05) is 57.9 Å². The highest BCUT2D eigenvalue weighted by molar-refractivity contribution is 5.87. The Morgan fingerprint density at radius 3 is 1.79 bits per heavy atom. The van der Waals surface area contributed by atoms with Crippen molar-refractivity contribution in [3.05, 3.63) is 12.2 Å². The maximum atomic E-state index is 12.0. The summed E-state index contributed by atoms with van der Waals surface area (Å²) in [4.78, 5) is 40.3. The molecule has 1 atom stereocenters. The van der Waals surface area contributed by atoms with Crippen LogP contribution in [0.25, 0.3) is 0 Å². The number of nitrogens with one attached hydrogen (secondary N) is 2. The SMILES string of the molecule is C=C(C)C(=O)OC(CCCCCCCCCCCCNC(=O)OCCN1C(C)(C)C1(C)C)CNC(=O)OCCN1CC1. The number of hydrogen-bond acceptors (Lipinski definition) is 8. The van der Waals surface area contributed by atoms with Crippen LogP contribution in [0.5, 0.6) is 0 Å². The predicted octanol–water partition coefficient (Wildman–Crippen LogP) is 5.41. The van der Waals surface area contributed by atoms with E-state index in [1.54, 1.807) is 6.92 Å². The highest BCUT2D eigenvalue weighted by atomic mass is 16.6. The Balaban J connectivity index is 1.39. The maximum Gasteiger partial charge on any atom is 0.407 e. The minimum Gasteiger partial charge on any atom is -0.457 e. The number of alkyl carbamates (subject to hydrolysis) is 2. The number of nitrogens with zero attached hydrogens (tertiary/aromatic N) is 2. The fraction of sp³-hybridized carbons (Fsp3) is 0.844. The molecule has 0 spiro atoms. The zero-order valence-corrected chi connectivity index (χ0v) is 27.1. The molecule has 242 valence electrons. The lowest BCUT2D eigenvalue weighted by atomic mass is 10.0. The second-order valence-corrected chi connectivity index (χ2v) is 12.8. The van der Waals surface area contributed by atoms with Crippen molar-refractivity contribution in [1.82, 2.24) is 20.4 Å². The van der Waals surface area contributed by atoms with Gasteiger partial charge in [0.05, 0.1) is 6.54 Å². The number of ether oxygens (including phenoxy) is 3. The topological polar surface area (TPSA) is 109 Å². The van der Waals surface area contributed by atoms with E-state index in [-0.39, 0.29) is 29.8 Å². The molecular weight excluding hydrogens is 536 g/mol. The van der Waals surface area contributed by atoms with E-state index in [1.807, 2.05) is 0 Å². The van der Waals surface area contributed by atoms with Crippen LogP contribution < -0.4 is 10.6 Å². The van der Waals surface area contributed by atoms with Crippen molar-refractivity contribution in [2.75, 3.05) is 52.5 Å². The van der Waals surface area contributed by atoms with Crippen molar-refractivity contribution >= 4 is 18.2 Å². The van der Waals surface area contributed by atoms with Crippen molar-refractivity contribution in [2.45, 2.75) is 122 Å². The van der Waals surface area contributed by atoms with Gasteiger partial charge < -0.3 is 24.8 Å². The average molecular weight is 595 g/mol. The monoisotopic (exact) mass is 594 g/mol. The minimum absolute atomic E-state index is 0.170. The summed E-state index contributed by atoms with van der Waals surface area (Å²) >= 11 is 0. The highest BCUT2D eigenvalue weighted by Gasteiger charge is 2.62. The second kappa shape index (κ2) is 18.4. The molecule has 2 aliphatic rings. The van der Waals surface area contributed by atoms with E-state index in [0.29, 0.717) is 31.8 Å². The van der Waals surface area contributed by atoms with Crippen LogP contribution in [0.15, 0.2) is 12.2 Å². The zero-order valence-electron chi connectivity index (χ0n) is 27.1. The Kier molecular flexibility index (Phi) is 15.7. The smallest absolute Gasteiger partial charge is 0.407 e. The Hall–Kier alpha value is -2.33. The van der Waals surface area contributed by atoms with Gasteiger partial charge in [0, 0.05) is 49.4 Å². The summed E-state index contributed by atoms with van der Waals surface area (Å²) in [6, 6.07) is 0. The third kappa shape index (κ3) is 13.8. The summed E-state index contributed by atoms with van der Waals surface area (Å²) in [5, 5.41) is 5.58. The minimum atomic E-state index is -0.474. The summed E-state index contributed by atoms with van der Waals surface area (Å²) in [7, 11) is 0. The molecule has 2 saturated heterocycles. The van der Waals surface area contributed by atoms with E-state index in [2.05, 4.69) is 54.7 Å². The standard InChI is InChI=1S/C32H58N4O6/c1-26(2)28(37)42-27(25-34-30(39)40-23-21-35-19-20-35)17-15-13-11-9-7-8-10-12-14-16-18-33-29(38)41-24-22-36-31(3,4)32(36,5)6/h27H,1,7-25H2,2-6H3,(H,33,38)(H,34,39). The van der Waals surface area contributed by atoms with Gasteiger partial charge in [0.2, 0.25) is 0 Å². The molecule has 0 aromatic carbocycles. The molecule has 0 radical (unpaired) electrons. The lowest BCUT2D eigenvalue weighted by Crippen LogP contribution is -2.36. The molecule has 0 saturated carbocycles. The van der Waals surface area contributed by atoms with Gasteiger partial charge in [-0.25, -0.2) is 14.4 Å². The van der Waals surface area contributed by atoms with Gasteiger partial charge >= 0.3 is 18.2 Å². The van der Waals surface area contributed by atoms with Crippen LogP contribution in [-0.2, 0) is 19.0 Å². The number of esters is 1. The van der Waals surface area contributed by atoms with E-state index < -0.39 is 12.1 Å². The Labute approximate surface area is 254 Å². The van der Waals surface area contributed by atoms with E-state index in [1.165, 1.54) is 32.1 Å². The molecule has 0 aromatic heterocycles. The van der Waals surface area contributed by atoms with Gasteiger partial charge in [0.15, 0.2) is 0 Å². The molecular formula is C32H58N4O6. The van der Waals surface area contributed by atoms with Crippen molar-refractivity contribution in [3.8, 4) is 0 Å². The molecule has 1 unspecified atom stereocenters. The average Bonchev–Trinajstić information content (AvgIpc) is 3.82. The van der Waals surface area contributed by atoms with Crippen molar-refractivity contribution in [3.63, 3.8) is 0 Å². The number of rotatable bonds is 23. The Morgan fingerprint density at radius 1 is 0.762 bits per heavy atom. The molecule has 2 fully saturated rings. The third-order valence-electron chi connectivity index (χ3n) is 8.84. The Bertz CT molecular complexity index is 844. The van der Waals surface area contributed by atoms with Gasteiger partial charge in [-0.3, -0.25) is 9.80 Å². The first-order valence-corrected chi connectivity index (χ1v) is 16.1. The van der Waals surface area contributed by atoms with Gasteiger partial charge in [-0.2, -0.15) is 0 Å². The largest absolute Gasteiger partial charge is 0.457 e. The molecule has 10 nitrogen and oxygen atoms in total. The molecule has 2 N–H and O–H groups in total. The van der Waals surface area contributed by atoms with Gasteiger partial charge in [0.1, 0.15) is 19.3 Å². The molecule has 10 heteroatoms. The van der Waals surface area contributed by atoms with E-state index in [4.69, 9.17) is 14.2 Å². The summed E-state index contributed by atoms with van der Waals surface area (Å²) < 4.78 is 16.0. The number of unbranched alkanes of at least 4 members (excludes halogenated alkanes) is 9. The summed E-state index contributed by atoms with van der Waals surface area (Å²) in [5.74, 6) is -0.428. The van der Waals surface area contributed by atoms with Crippen LogP contribution >= 0.6 is 0 Å². The number of carbonyl (C=O) groups excluding carboxylic acids is 3. The maximum absolute atomic E-state index is 12.0. The quantitative estimate of drug-likeness (QED) is 0.0532. The van der Waals surface area contributed by atoms with Gasteiger partial charge in [-0.15, -0.1) is 0 Å². The highest BCUT2D eigenvalue weighted by Crippen LogP contribution is 2.50. The van der Waals surface area contributed by atoms with Crippen LogP contribution in [0, 0.1) is 0 Å².